The van der Waals surface area contributed by atoms with Gasteiger partial charge in [-0.15, -0.1) is 0 Å². The number of hydrogen-bond donors (Lipinski definition) is 2. The van der Waals surface area contributed by atoms with E-state index in [2.05, 4.69) is 15.5 Å². The van der Waals surface area contributed by atoms with Gasteiger partial charge in [-0.1, -0.05) is 12.8 Å². The van der Waals surface area contributed by atoms with Crippen molar-refractivity contribution in [2.45, 2.75) is 51.5 Å². The van der Waals surface area contributed by atoms with Gasteiger partial charge in [0, 0.05) is 18.2 Å². The van der Waals surface area contributed by atoms with E-state index in [0.717, 1.165) is 44.3 Å². The van der Waals surface area contributed by atoms with Gasteiger partial charge < -0.3 is 10.6 Å². The topological polar surface area (TPSA) is 61.4 Å². The van der Waals surface area contributed by atoms with Gasteiger partial charge in [0.05, 0.1) is 6.54 Å². The van der Waals surface area contributed by atoms with E-state index in [1.807, 2.05) is 0 Å². The van der Waals surface area contributed by atoms with Crippen molar-refractivity contribution in [2.24, 2.45) is 5.92 Å². The lowest BCUT2D eigenvalue weighted by Gasteiger charge is -2.31. The van der Waals surface area contributed by atoms with Crippen molar-refractivity contribution in [3.05, 3.63) is 35.1 Å². The van der Waals surface area contributed by atoms with Crippen LogP contribution in [0.4, 0.5) is 4.39 Å². The van der Waals surface area contributed by atoms with Crippen LogP contribution < -0.4 is 10.6 Å². The lowest BCUT2D eigenvalue weighted by Crippen LogP contribution is -2.45. The zero-order chi connectivity index (χ0) is 19.2. The van der Waals surface area contributed by atoms with Crippen LogP contribution >= 0.6 is 0 Å². The van der Waals surface area contributed by atoms with Gasteiger partial charge in [-0.3, -0.25) is 14.5 Å². The molecule has 0 radical (unpaired) electrons. The number of carbonyl (C=O) groups excluding carboxylic acids is 2. The predicted molar refractivity (Wildman–Crippen MR) is 103 cm³/mol. The number of amides is 2. The number of piperidine rings is 1. The number of likely N-dealkylation sites (tertiary alicyclic amines) is 1. The van der Waals surface area contributed by atoms with Crippen molar-refractivity contribution in [3.63, 3.8) is 0 Å². The van der Waals surface area contributed by atoms with Gasteiger partial charge in [0.2, 0.25) is 5.91 Å². The SMILES string of the molecule is Cc1cc(F)cc(C(=O)NCC2CCN(CC(=O)NC3CCCC3)CC2)c1. The van der Waals surface area contributed by atoms with Crippen molar-refractivity contribution >= 4 is 11.8 Å². The standard InChI is InChI=1S/C21H30FN3O2/c1-15-10-17(12-18(22)11-15)21(27)23-13-16-6-8-25(9-7-16)14-20(26)24-19-4-2-3-5-19/h10-12,16,19H,2-9,13-14H2,1H3,(H,23,27)(H,24,26). The molecule has 3 rings (SSSR count). The van der Waals surface area contributed by atoms with Crippen molar-refractivity contribution in [3.8, 4) is 0 Å². The fourth-order valence-corrected chi connectivity index (χ4v) is 4.10. The normalized spacial score (nSPS) is 19.2. The van der Waals surface area contributed by atoms with Crippen LogP contribution in [0.1, 0.15) is 54.4 Å². The number of nitrogens with one attached hydrogen (secondary N) is 2. The highest BCUT2D eigenvalue weighted by Crippen LogP contribution is 2.19. The molecule has 1 aliphatic carbocycles. The molecule has 148 valence electrons. The summed E-state index contributed by atoms with van der Waals surface area (Å²) in [6.07, 6.45) is 6.57. The van der Waals surface area contributed by atoms with E-state index < -0.39 is 0 Å². The predicted octanol–water partition coefficient (Wildman–Crippen LogP) is 2.63. The first-order valence-corrected chi connectivity index (χ1v) is 10.1. The Morgan fingerprint density at radius 1 is 1.11 bits per heavy atom. The highest BCUT2D eigenvalue weighted by atomic mass is 19.1. The maximum Gasteiger partial charge on any atom is 0.251 e. The third-order valence-corrected chi connectivity index (χ3v) is 5.65. The second-order valence-corrected chi connectivity index (χ2v) is 8.00. The van der Waals surface area contributed by atoms with Crippen LogP contribution in [-0.2, 0) is 4.79 Å². The van der Waals surface area contributed by atoms with E-state index in [-0.39, 0.29) is 17.6 Å². The lowest BCUT2D eigenvalue weighted by molar-refractivity contribution is -0.123. The van der Waals surface area contributed by atoms with Crippen LogP contribution in [0.5, 0.6) is 0 Å². The maximum atomic E-state index is 13.4. The second-order valence-electron chi connectivity index (χ2n) is 8.00. The summed E-state index contributed by atoms with van der Waals surface area (Å²) >= 11 is 0. The molecule has 1 saturated heterocycles. The van der Waals surface area contributed by atoms with Crippen molar-refractivity contribution in [1.82, 2.24) is 15.5 Å². The summed E-state index contributed by atoms with van der Waals surface area (Å²) < 4.78 is 13.4. The van der Waals surface area contributed by atoms with Gasteiger partial charge in [-0.25, -0.2) is 4.39 Å². The molecule has 1 saturated carbocycles. The number of halogens is 1. The lowest BCUT2D eigenvalue weighted by atomic mass is 9.96. The Morgan fingerprint density at radius 3 is 2.48 bits per heavy atom. The summed E-state index contributed by atoms with van der Waals surface area (Å²) in [6, 6.07) is 4.75. The maximum absolute atomic E-state index is 13.4. The highest BCUT2D eigenvalue weighted by Gasteiger charge is 2.23. The first-order valence-electron chi connectivity index (χ1n) is 10.1. The van der Waals surface area contributed by atoms with Crippen LogP contribution in [0.3, 0.4) is 0 Å². The molecule has 0 aromatic heterocycles. The van der Waals surface area contributed by atoms with Gasteiger partial charge in [0.25, 0.3) is 5.91 Å². The fourth-order valence-electron chi connectivity index (χ4n) is 4.10. The molecule has 1 aromatic carbocycles. The first kappa shape index (κ1) is 19.8. The Kier molecular flexibility index (Phi) is 6.83. The Bertz CT molecular complexity index is 645. The molecular formula is C21H30FN3O2. The van der Waals surface area contributed by atoms with E-state index in [4.69, 9.17) is 0 Å². The first-order chi connectivity index (χ1) is 13.0. The molecule has 6 heteroatoms. The molecule has 0 unspecified atom stereocenters. The number of carbonyl (C=O) groups is 2. The van der Waals surface area contributed by atoms with Crippen LogP contribution in [0.15, 0.2) is 18.2 Å². The molecule has 0 spiro atoms. The van der Waals surface area contributed by atoms with Crippen molar-refractivity contribution in [1.29, 1.82) is 0 Å². The third-order valence-electron chi connectivity index (χ3n) is 5.65. The van der Waals surface area contributed by atoms with Crippen molar-refractivity contribution < 1.29 is 14.0 Å². The van der Waals surface area contributed by atoms with Crippen LogP contribution in [0, 0.1) is 18.7 Å². The number of benzene rings is 1. The molecule has 0 bridgehead atoms. The monoisotopic (exact) mass is 375 g/mol. The average molecular weight is 375 g/mol. The molecule has 2 amide bonds. The quantitative estimate of drug-likeness (QED) is 0.804. The minimum atomic E-state index is -0.385. The number of rotatable bonds is 6. The molecule has 27 heavy (non-hydrogen) atoms. The number of aryl methyl sites for hydroxylation is 1. The molecule has 1 aliphatic heterocycles. The Hall–Kier alpha value is -1.95. The zero-order valence-corrected chi connectivity index (χ0v) is 16.1. The van der Waals surface area contributed by atoms with Gasteiger partial charge in [-0.2, -0.15) is 0 Å². The summed E-state index contributed by atoms with van der Waals surface area (Å²) in [6.45, 7) is 4.59. The largest absolute Gasteiger partial charge is 0.352 e. The Labute approximate surface area is 160 Å². The minimum absolute atomic E-state index is 0.134. The molecular weight excluding hydrogens is 345 g/mol. The summed E-state index contributed by atoms with van der Waals surface area (Å²) in [5.41, 5.74) is 1.11. The molecule has 2 N–H and O–H groups in total. The molecule has 1 heterocycles. The van der Waals surface area contributed by atoms with Crippen molar-refractivity contribution in [2.75, 3.05) is 26.2 Å². The van der Waals surface area contributed by atoms with E-state index in [0.29, 0.717) is 30.6 Å². The molecule has 1 aromatic rings. The van der Waals surface area contributed by atoms with Crippen LogP contribution in [0.25, 0.3) is 0 Å². The van der Waals surface area contributed by atoms with Crippen LogP contribution in [0.2, 0.25) is 0 Å². The van der Waals surface area contributed by atoms with E-state index in [9.17, 15) is 14.0 Å². The average Bonchev–Trinajstić information content (AvgIpc) is 3.13. The number of hydrogen-bond acceptors (Lipinski definition) is 3. The number of nitrogens with zero attached hydrogens (tertiary/aromatic N) is 1. The highest BCUT2D eigenvalue weighted by molar-refractivity contribution is 5.94. The molecule has 2 fully saturated rings. The molecule has 5 nitrogen and oxygen atoms in total. The summed E-state index contributed by atoms with van der Waals surface area (Å²) in [5.74, 6) is -0.0758. The third kappa shape index (κ3) is 6.03. The summed E-state index contributed by atoms with van der Waals surface area (Å²) in [4.78, 5) is 26.6. The van der Waals surface area contributed by atoms with Gasteiger partial charge in [0.1, 0.15) is 5.82 Å². The Morgan fingerprint density at radius 2 is 1.81 bits per heavy atom. The van der Waals surface area contributed by atoms with E-state index >= 15 is 0 Å². The minimum Gasteiger partial charge on any atom is -0.352 e. The fraction of sp³-hybridized carbons (Fsp3) is 0.619. The van der Waals surface area contributed by atoms with E-state index in [1.54, 1.807) is 13.0 Å². The summed E-state index contributed by atoms with van der Waals surface area (Å²) in [7, 11) is 0. The van der Waals surface area contributed by atoms with Gasteiger partial charge in [0.15, 0.2) is 0 Å². The Balaban J connectivity index is 1.36. The second kappa shape index (κ2) is 9.31. The van der Waals surface area contributed by atoms with E-state index in [1.165, 1.54) is 25.0 Å². The van der Waals surface area contributed by atoms with Crippen LogP contribution in [-0.4, -0.2) is 48.9 Å². The molecule has 2 aliphatic rings. The smallest absolute Gasteiger partial charge is 0.251 e. The van der Waals surface area contributed by atoms with Gasteiger partial charge in [-0.05, 0) is 75.4 Å². The molecule has 0 atom stereocenters. The zero-order valence-electron chi connectivity index (χ0n) is 16.1. The van der Waals surface area contributed by atoms with Gasteiger partial charge >= 0.3 is 0 Å². The summed E-state index contributed by atoms with van der Waals surface area (Å²) in [5, 5.41) is 6.06.